The number of H-pyrrole nitrogens is 2. The molecule has 0 radical (unpaired) electrons. The molecule has 5 rings (SSSR count). The van der Waals surface area contributed by atoms with Crippen LogP contribution in [0.2, 0.25) is 0 Å². The molecule has 11 nitrogen and oxygen atoms in total. The van der Waals surface area contributed by atoms with Crippen molar-refractivity contribution in [2.45, 2.75) is 26.3 Å². The van der Waals surface area contributed by atoms with Gasteiger partial charge in [-0.25, -0.2) is 14.8 Å². The molecule has 0 aliphatic carbocycles. The number of hydrogen-bond acceptors (Lipinski definition) is 7. The van der Waals surface area contributed by atoms with Crippen LogP contribution in [0.4, 0.5) is 4.79 Å². The fourth-order valence-corrected chi connectivity index (χ4v) is 4.70. The lowest BCUT2D eigenvalue weighted by Gasteiger charge is -2.28. The summed E-state index contributed by atoms with van der Waals surface area (Å²) in [6, 6.07) is 10.6. The van der Waals surface area contributed by atoms with E-state index in [1.165, 1.54) is 13.4 Å². The molecular weight excluding hydrogens is 500 g/mol. The smallest absolute Gasteiger partial charge is 0.407 e. The second kappa shape index (κ2) is 10.8. The SMILES string of the molecule is CCC(c1ncc(-c2ccc3c(=O)c(-c4ccc5nc[nH]c5c4)coc3c2)[nH]1)N(CC)C(=O)CNC(=O)OC. The van der Waals surface area contributed by atoms with Gasteiger partial charge in [0, 0.05) is 12.1 Å². The number of aromatic amines is 2. The molecule has 0 fully saturated rings. The van der Waals surface area contributed by atoms with Gasteiger partial charge in [-0.1, -0.05) is 19.1 Å². The quantitative estimate of drug-likeness (QED) is 0.271. The van der Waals surface area contributed by atoms with Gasteiger partial charge in [0.25, 0.3) is 0 Å². The third kappa shape index (κ3) is 4.98. The van der Waals surface area contributed by atoms with Crippen LogP contribution in [0, 0.1) is 0 Å². The Kier molecular flexibility index (Phi) is 7.13. The highest BCUT2D eigenvalue weighted by Gasteiger charge is 2.25. The number of imidazole rings is 2. The number of alkyl carbamates (subject to hydrolysis) is 1. The van der Waals surface area contributed by atoms with E-state index in [0.717, 1.165) is 27.9 Å². The normalized spacial score (nSPS) is 12.0. The Morgan fingerprint density at radius 3 is 2.72 bits per heavy atom. The molecule has 3 N–H and O–H groups in total. The minimum atomic E-state index is -0.665. The number of benzene rings is 2. The van der Waals surface area contributed by atoms with Gasteiger partial charge in [0.1, 0.15) is 24.2 Å². The molecule has 0 spiro atoms. The fourth-order valence-electron chi connectivity index (χ4n) is 4.70. The molecule has 2 amide bonds. The van der Waals surface area contributed by atoms with E-state index < -0.39 is 6.09 Å². The van der Waals surface area contributed by atoms with Gasteiger partial charge in [0.2, 0.25) is 5.91 Å². The molecule has 2 aromatic carbocycles. The molecule has 11 heteroatoms. The van der Waals surface area contributed by atoms with Crippen LogP contribution in [0.25, 0.3) is 44.4 Å². The van der Waals surface area contributed by atoms with Gasteiger partial charge in [0.05, 0.1) is 53.4 Å². The second-order valence-corrected chi connectivity index (χ2v) is 8.95. The zero-order valence-electron chi connectivity index (χ0n) is 21.8. The van der Waals surface area contributed by atoms with Crippen LogP contribution in [0.3, 0.4) is 0 Å². The number of likely N-dealkylation sites (N-methyl/N-ethyl adjacent to an activating group) is 1. The number of nitrogens with zero attached hydrogens (tertiary/aromatic N) is 3. The summed E-state index contributed by atoms with van der Waals surface area (Å²) >= 11 is 0. The number of rotatable bonds is 8. The summed E-state index contributed by atoms with van der Waals surface area (Å²) in [6.45, 7) is 4.09. The first-order valence-corrected chi connectivity index (χ1v) is 12.6. The van der Waals surface area contributed by atoms with E-state index in [-0.39, 0.29) is 23.9 Å². The zero-order valence-corrected chi connectivity index (χ0v) is 21.8. The van der Waals surface area contributed by atoms with Crippen molar-refractivity contribution in [3.05, 3.63) is 71.2 Å². The Morgan fingerprint density at radius 2 is 1.95 bits per heavy atom. The van der Waals surface area contributed by atoms with Crippen molar-refractivity contribution in [3.63, 3.8) is 0 Å². The summed E-state index contributed by atoms with van der Waals surface area (Å²) < 4.78 is 10.4. The number of fused-ring (bicyclic) bond motifs is 2. The number of aromatic nitrogens is 4. The van der Waals surface area contributed by atoms with Crippen molar-refractivity contribution in [3.8, 4) is 22.4 Å². The first-order valence-electron chi connectivity index (χ1n) is 12.6. The van der Waals surface area contributed by atoms with Crippen LogP contribution in [0.5, 0.6) is 0 Å². The van der Waals surface area contributed by atoms with Gasteiger partial charge in [-0.05, 0) is 43.2 Å². The number of amides is 2. The van der Waals surface area contributed by atoms with Gasteiger partial charge >= 0.3 is 6.09 Å². The highest BCUT2D eigenvalue weighted by atomic mass is 16.5. The first-order chi connectivity index (χ1) is 18.9. The average molecular weight is 529 g/mol. The molecule has 0 saturated carbocycles. The molecule has 5 aromatic rings. The molecule has 0 aliphatic heterocycles. The zero-order chi connectivity index (χ0) is 27.5. The van der Waals surface area contributed by atoms with Crippen LogP contribution in [-0.4, -0.2) is 57.0 Å². The maximum absolute atomic E-state index is 13.3. The predicted octanol–water partition coefficient (Wildman–Crippen LogP) is 4.38. The third-order valence-electron chi connectivity index (χ3n) is 6.72. The second-order valence-electron chi connectivity index (χ2n) is 8.95. The van der Waals surface area contributed by atoms with E-state index in [9.17, 15) is 14.4 Å². The monoisotopic (exact) mass is 528 g/mol. The van der Waals surface area contributed by atoms with E-state index in [4.69, 9.17) is 4.42 Å². The van der Waals surface area contributed by atoms with Crippen LogP contribution in [-0.2, 0) is 9.53 Å². The van der Waals surface area contributed by atoms with E-state index in [2.05, 4.69) is 30.0 Å². The molecule has 1 atom stereocenters. The van der Waals surface area contributed by atoms with Gasteiger partial charge in [0.15, 0.2) is 5.43 Å². The van der Waals surface area contributed by atoms with E-state index in [1.54, 1.807) is 29.6 Å². The summed E-state index contributed by atoms with van der Waals surface area (Å²) in [5.41, 5.74) is 4.69. The molecule has 0 aliphatic rings. The summed E-state index contributed by atoms with van der Waals surface area (Å²) in [5, 5.41) is 2.89. The van der Waals surface area contributed by atoms with Crippen molar-refractivity contribution < 1.29 is 18.7 Å². The first kappa shape index (κ1) is 25.7. The van der Waals surface area contributed by atoms with Gasteiger partial charge in [-0.15, -0.1) is 0 Å². The highest BCUT2D eigenvalue weighted by Crippen LogP contribution is 2.28. The summed E-state index contributed by atoms with van der Waals surface area (Å²) in [7, 11) is 1.25. The van der Waals surface area contributed by atoms with Crippen molar-refractivity contribution >= 4 is 34.0 Å². The number of carbonyl (C=O) groups excluding carboxylic acids is 2. The van der Waals surface area contributed by atoms with E-state index >= 15 is 0 Å². The van der Waals surface area contributed by atoms with Crippen molar-refractivity contribution in [1.29, 1.82) is 0 Å². The topological polar surface area (TPSA) is 146 Å². The molecular formula is C28H28N6O5. The number of hydrogen-bond donors (Lipinski definition) is 3. The minimum Gasteiger partial charge on any atom is -0.463 e. The third-order valence-corrected chi connectivity index (χ3v) is 6.72. The summed E-state index contributed by atoms with van der Waals surface area (Å²) in [6.07, 6.45) is 4.73. The Morgan fingerprint density at radius 1 is 1.13 bits per heavy atom. The summed E-state index contributed by atoms with van der Waals surface area (Å²) in [4.78, 5) is 54.2. The van der Waals surface area contributed by atoms with Crippen LogP contribution in [0.1, 0.15) is 32.1 Å². The fraction of sp³-hybridized carbons (Fsp3) is 0.250. The predicted molar refractivity (Wildman–Crippen MR) is 146 cm³/mol. The lowest BCUT2D eigenvalue weighted by atomic mass is 10.0. The molecule has 0 saturated heterocycles. The minimum absolute atomic E-state index is 0.129. The highest BCUT2D eigenvalue weighted by molar-refractivity contribution is 5.87. The number of methoxy groups -OCH3 is 1. The van der Waals surface area contributed by atoms with Gasteiger partial charge in [-0.3, -0.25) is 9.59 Å². The largest absolute Gasteiger partial charge is 0.463 e. The number of carbonyl (C=O) groups is 2. The maximum Gasteiger partial charge on any atom is 0.407 e. The van der Waals surface area contributed by atoms with Crippen LogP contribution >= 0.6 is 0 Å². The Labute approximate surface area is 223 Å². The maximum atomic E-state index is 13.3. The van der Waals surface area contributed by atoms with E-state index in [0.29, 0.717) is 35.3 Å². The average Bonchev–Trinajstić information content (AvgIpc) is 3.64. The standard InChI is InChI=1S/C28H28N6O5/c1-4-23(34(5-2)25(35)13-30-28(37)38-3)27-29-12-22(33-27)17-6-8-18-24(11-17)39-14-19(26(18)36)16-7-9-20-21(10-16)32-15-31-20/h6-12,14-15,23H,4-5,13H2,1-3H3,(H,29,33)(H,30,37)(H,31,32). The van der Waals surface area contributed by atoms with Gasteiger partial charge < -0.3 is 29.3 Å². The van der Waals surface area contributed by atoms with Crippen molar-refractivity contribution in [1.82, 2.24) is 30.2 Å². The molecule has 3 heterocycles. The van der Waals surface area contributed by atoms with Crippen molar-refractivity contribution in [2.24, 2.45) is 0 Å². The Hall–Kier alpha value is -4.93. The Balaban J connectivity index is 1.41. The lowest BCUT2D eigenvalue weighted by Crippen LogP contribution is -2.42. The lowest BCUT2D eigenvalue weighted by molar-refractivity contribution is -0.132. The molecule has 3 aromatic heterocycles. The van der Waals surface area contributed by atoms with E-state index in [1.807, 2.05) is 38.1 Å². The van der Waals surface area contributed by atoms with Crippen molar-refractivity contribution in [2.75, 3.05) is 20.2 Å². The molecule has 1 unspecified atom stereocenters. The molecule has 39 heavy (non-hydrogen) atoms. The van der Waals surface area contributed by atoms with Crippen LogP contribution in [0.15, 0.2) is 64.4 Å². The summed E-state index contributed by atoms with van der Waals surface area (Å²) in [5.74, 6) is 0.370. The molecule has 200 valence electrons. The van der Waals surface area contributed by atoms with Crippen LogP contribution < -0.4 is 10.7 Å². The molecule has 0 bridgehead atoms. The van der Waals surface area contributed by atoms with Gasteiger partial charge in [-0.2, -0.15) is 0 Å². The number of nitrogens with one attached hydrogen (secondary N) is 3. The Bertz CT molecular complexity index is 1720. The number of ether oxygens (including phenoxy) is 1.